The van der Waals surface area contributed by atoms with Gasteiger partial charge in [-0.2, -0.15) is 0 Å². The maximum absolute atomic E-state index is 8.91. The fourth-order valence-corrected chi connectivity index (χ4v) is 2.40. The number of benzene rings is 4. The molecule has 0 saturated carbocycles. The Bertz CT molecular complexity index is 1480. The first kappa shape index (κ1) is 6.51. The van der Waals surface area contributed by atoms with Crippen LogP contribution in [0.4, 0.5) is 0 Å². The summed E-state index contributed by atoms with van der Waals surface area (Å²) in [5.74, 6) is 0. The Hall–Kier alpha value is -2.57. The SMILES string of the molecule is [2H]c1c([2H])c([2H])c(-c2c(-c3ccc(Cl)cc3)c([2H])c3c([2H])c([2H])c([2H])c([2H])c3c2[2H])c([2H])c1[2H]. The van der Waals surface area contributed by atoms with E-state index in [1.54, 1.807) is 0 Å². The molecule has 0 amide bonds. The summed E-state index contributed by atoms with van der Waals surface area (Å²) in [5.41, 5.74) is -0.192. The van der Waals surface area contributed by atoms with Gasteiger partial charge >= 0.3 is 0 Å². The molecule has 0 unspecified atom stereocenters. The molecule has 0 aromatic heterocycles. The number of fused-ring (bicyclic) bond motifs is 1. The van der Waals surface area contributed by atoms with Gasteiger partial charge in [0.25, 0.3) is 0 Å². The Labute approximate surface area is 156 Å². The van der Waals surface area contributed by atoms with Crippen molar-refractivity contribution in [3.8, 4) is 22.3 Å². The van der Waals surface area contributed by atoms with Crippen molar-refractivity contribution in [2.75, 3.05) is 0 Å². The number of hydrogen-bond acceptors (Lipinski definition) is 0. The predicted molar refractivity (Wildman–Crippen MR) is 99.8 cm³/mol. The second-order valence-electron chi connectivity index (χ2n) is 4.76. The van der Waals surface area contributed by atoms with E-state index in [1.165, 1.54) is 24.3 Å². The molecular weight excluding hydrogens is 300 g/mol. The molecule has 23 heavy (non-hydrogen) atoms. The topological polar surface area (TPSA) is 0 Å². The smallest absolute Gasteiger partial charge is 0.0636 e. The van der Waals surface area contributed by atoms with Crippen LogP contribution in [-0.4, -0.2) is 0 Å². The first-order valence-electron chi connectivity index (χ1n) is 12.3. The molecule has 0 spiro atoms. The Kier molecular flexibility index (Phi) is 1.67. The average Bonchev–Trinajstić information content (AvgIpc) is 2.81. The summed E-state index contributed by atoms with van der Waals surface area (Å²) >= 11 is 6.00. The minimum absolute atomic E-state index is 0.00210. The molecule has 0 atom stereocenters. The zero-order valence-corrected chi connectivity index (χ0v) is 12.4. The number of rotatable bonds is 2. The fraction of sp³-hybridized carbons (Fsp3) is 0. The van der Waals surface area contributed by atoms with Gasteiger partial charge in [0.05, 0.1) is 15.1 Å². The van der Waals surface area contributed by atoms with Crippen molar-refractivity contribution >= 4 is 22.4 Å². The van der Waals surface area contributed by atoms with Gasteiger partial charge in [0.1, 0.15) is 0 Å². The maximum Gasteiger partial charge on any atom is 0.0636 e. The molecule has 0 saturated heterocycles. The Morgan fingerprint density at radius 3 is 1.74 bits per heavy atom. The number of halogens is 1. The zero-order chi connectivity index (χ0) is 25.2. The van der Waals surface area contributed by atoms with Crippen molar-refractivity contribution in [2.45, 2.75) is 0 Å². The Morgan fingerprint density at radius 2 is 1.13 bits per heavy atom. The lowest BCUT2D eigenvalue weighted by Gasteiger charge is -2.13. The molecule has 0 nitrogen and oxygen atoms in total. The minimum Gasteiger partial charge on any atom is -0.0843 e. The molecule has 0 radical (unpaired) electrons. The van der Waals surface area contributed by atoms with Gasteiger partial charge in [-0.25, -0.2) is 0 Å². The van der Waals surface area contributed by atoms with Crippen molar-refractivity contribution in [2.24, 2.45) is 0 Å². The highest BCUT2D eigenvalue weighted by Gasteiger charge is 2.09. The van der Waals surface area contributed by atoms with E-state index in [0.29, 0.717) is 10.6 Å². The molecular formula is C22H15Cl. The molecule has 1 heteroatoms. The van der Waals surface area contributed by atoms with E-state index in [4.69, 9.17) is 26.7 Å². The van der Waals surface area contributed by atoms with Gasteiger partial charge in [-0.15, -0.1) is 0 Å². The minimum atomic E-state index is -0.626. The van der Waals surface area contributed by atoms with Crippen molar-refractivity contribution in [1.82, 2.24) is 0 Å². The molecule has 0 fully saturated rings. The first-order valence-corrected chi connectivity index (χ1v) is 7.14. The standard InChI is InChI=1S/C22H15Cl/c23-20-12-10-17(11-13-20)22-15-19-9-5-4-8-18(19)14-21(22)16-6-2-1-3-7-16/h1-15H/i1D,2D,3D,4D,5D,6D,7D,8D,9D,14D,15D. The van der Waals surface area contributed by atoms with Crippen LogP contribution < -0.4 is 0 Å². The second kappa shape index (κ2) is 5.91. The summed E-state index contributed by atoms with van der Waals surface area (Å²) in [7, 11) is 0. The van der Waals surface area contributed by atoms with E-state index in [2.05, 4.69) is 0 Å². The highest BCUT2D eigenvalue weighted by molar-refractivity contribution is 6.30. The van der Waals surface area contributed by atoms with Gasteiger partial charge in [0.15, 0.2) is 0 Å². The van der Waals surface area contributed by atoms with Crippen molar-refractivity contribution in [1.29, 1.82) is 0 Å². The molecule has 0 heterocycles. The molecule has 0 bridgehead atoms. The van der Waals surface area contributed by atoms with Crippen LogP contribution in [-0.2, 0) is 0 Å². The lowest BCUT2D eigenvalue weighted by Crippen LogP contribution is -1.86. The third kappa shape index (κ3) is 2.74. The zero-order valence-electron chi connectivity index (χ0n) is 22.7. The van der Waals surface area contributed by atoms with Crippen LogP contribution in [0.1, 0.15) is 15.1 Å². The summed E-state index contributed by atoms with van der Waals surface area (Å²) in [4.78, 5) is 0. The monoisotopic (exact) mass is 325 g/mol. The highest BCUT2D eigenvalue weighted by Crippen LogP contribution is 2.36. The van der Waals surface area contributed by atoms with Crippen LogP contribution in [0.3, 0.4) is 0 Å². The molecule has 0 aliphatic heterocycles. The summed E-state index contributed by atoms with van der Waals surface area (Å²) in [6, 6.07) is 0.0174. The average molecular weight is 326 g/mol. The summed E-state index contributed by atoms with van der Waals surface area (Å²) in [5, 5.41) is -0.0824. The quantitative estimate of drug-likeness (QED) is 0.379. The van der Waals surface area contributed by atoms with Crippen molar-refractivity contribution in [3.05, 3.63) is 95.8 Å². The van der Waals surface area contributed by atoms with Gasteiger partial charge in [-0.1, -0.05) is 78.1 Å². The van der Waals surface area contributed by atoms with Gasteiger partial charge in [-0.05, 0) is 57.2 Å². The van der Waals surface area contributed by atoms with Crippen LogP contribution in [0, 0.1) is 0 Å². The van der Waals surface area contributed by atoms with E-state index >= 15 is 0 Å². The molecule has 4 aromatic rings. The van der Waals surface area contributed by atoms with Crippen LogP contribution >= 0.6 is 11.6 Å². The van der Waals surface area contributed by atoms with Crippen LogP contribution in [0.2, 0.25) is 5.02 Å². The molecule has 0 aliphatic rings. The van der Waals surface area contributed by atoms with E-state index in [9.17, 15) is 0 Å². The van der Waals surface area contributed by atoms with E-state index < -0.39 is 60.4 Å². The summed E-state index contributed by atoms with van der Waals surface area (Å²) in [6.07, 6.45) is 0. The predicted octanol–water partition coefficient (Wildman–Crippen LogP) is 6.83. The van der Waals surface area contributed by atoms with Crippen molar-refractivity contribution < 1.29 is 15.1 Å². The molecule has 4 rings (SSSR count). The van der Waals surface area contributed by atoms with Crippen LogP contribution in [0.25, 0.3) is 33.0 Å². The molecule has 110 valence electrons. The lowest BCUT2D eigenvalue weighted by molar-refractivity contribution is 1.60. The van der Waals surface area contributed by atoms with Gasteiger partial charge in [-0.3, -0.25) is 0 Å². The first-order chi connectivity index (χ1) is 15.9. The van der Waals surface area contributed by atoms with Crippen molar-refractivity contribution in [3.63, 3.8) is 0 Å². The fourth-order valence-electron chi connectivity index (χ4n) is 2.27. The largest absolute Gasteiger partial charge is 0.0843 e. The highest BCUT2D eigenvalue weighted by atomic mass is 35.5. The van der Waals surface area contributed by atoms with E-state index in [0.717, 1.165) is 0 Å². The summed E-state index contributed by atoms with van der Waals surface area (Å²) < 4.78 is 91.4. The van der Waals surface area contributed by atoms with Gasteiger partial charge < -0.3 is 0 Å². The lowest BCUT2D eigenvalue weighted by atomic mass is 9.91. The Morgan fingerprint density at radius 1 is 0.609 bits per heavy atom. The van der Waals surface area contributed by atoms with Gasteiger partial charge in [0, 0.05) is 5.02 Å². The van der Waals surface area contributed by atoms with Crippen LogP contribution in [0.5, 0.6) is 0 Å². The third-order valence-electron chi connectivity index (χ3n) is 3.32. The van der Waals surface area contributed by atoms with E-state index in [1.807, 2.05) is 0 Å². The third-order valence-corrected chi connectivity index (χ3v) is 3.57. The molecule has 0 N–H and O–H groups in total. The number of hydrogen-bond donors (Lipinski definition) is 0. The van der Waals surface area contributed by atoms with E-state index in [-0.39, 0.29) is 33.5 Å². The second-order valence-corrected chi connectivity index (χ2v) is 5.19. The summed E-state index contributed by atoms with van der Waals surface area (Å²) in [6.45, 7) is 0. The Balaban J connectivity index is 2.36. The van der Waals surface area contributed by atoms with Gasteiger partial charge in [0.2, 0.25) is 0 Å². The molecule has 0 aliphatic carbocycles. The normalized spacial score (nSPS) is 17.5. The maximum atomic E-state index is 8.91. The van der Waals surface area contributed by atoms with Crippen LogP contribution in [0.15, 0.2) is 90.7 Å². The molecule has 4 aromatic carbocycles.